The summed E-state index contributed by atoms with van der Waals surface area (Å²) < 4.78 is 4.98. The molecule has 0 atom stereocenters. The van der Waals surface area contributed by atoms with E-state index in [0.717, 1.165) is 0 Å². The predicted octanol–water partition coefficient (Wildman–Crippen LogP) is 3.68. The van der Waals surface area contributed by atoms with Crippen LogP contribution in [-0.4, -0.2) is 17.8 Å². The van der Waals surface area contributed by atoms with Gasteiger partial charge in [0.2, 0.25) is 0 Å². The van der Waals surface area contributed by atoms with Crippen LogP contribution in [0.25, 0.3) is 0 Å². The first-order valence-electron chi connectivity index (χ1n) is 6.12. The predicted molar refractivity (Wildman–Crippen MR) is 79.1 cm³/mol. The highest BCUT2D eigenvalue weighted by Gasteiger charge is 2.22. The Morgan fingerprint density at radius 1 is 1.29 bits per heavy atom. The molecule has 0 aliphatic carbocycles. The van der Waals surface area contributed by atoms with Crippen molar-refractivity contribution >= 4 is 23.1 Å². The van der Waals surface area contributed by atoms with Crippen molar-refractivity contribution in [1.82, 2.24) is 0 Å². The number of para-hydroxylation sites is 1. The molecule has 0 spiro atoms. The van der Waals surface area contributed by atoms with E-state index >= 15 is 0 Å². The smallest absolute Gasteiger partial charge is 0.314 e. The van der Waals surface area contributed by atoms with Crippen LogP contribution in [0, 0.1) is 10.1 Å². The molecule has 0 saturated carbocycles. The Hall–Kier alpha value is -2.40. The lowest BCUT2D eigenvalue weighted by Crippen LogP contribution is -2.07. The maximum atomic E-state index is 12.2. The Morgan fingerprint density at radius 3 is 2.62 bits per heavy atom. The quantitative estimate of drug-likeness (QED) is 0.480. The van der Waals surface area contributed by atoms with Crippen molar-refractivity contribution in [2.24, 2.45) is 0 Å². The lowest BCUT2D eigenvalue weighted by molar-refractivity contribution is -0.386. The summed E-state index contributed by atoms with van der Waals surface area (Å²) >= 11 is 5.84. The summed E-state index contributed by atoms with van der Waals surface area (Å²) in [6.07, 6.45) is -0.0894. The molecule has 0 N–H and O–H groups in total. The van der Waals surface area contributed by atoms with Crippen LogP contribution in [0.3, 0.4) is 0 Å². The van der Waals surface area contributed by atoms with Gasteiger partial charge in [-0.25, -0.2) is 0 Å². The minimum Gasteiger partial charge on any atom is -0.490 e. The number of carbonyl (C=O) groups is 1. The molecule has 5 nitrogen and oxygen atoms in total. The third kappa shape index (κ3) is 3.38. The molecule has 0 aliphatic rings. The molecule has 21 heavy (non-hydrogen) atoms. The van der Waals surface area contributed by atoms with E-state index in [1.807, 2.05) is 0 Å². The molecule has 6 heteroatoms. The van der Waals surface area contributed by atoms with E-state index in [4.69, 9.17) is 16.3 Å². The van der Waals surface area contributed by atoms with Gasteiger partial charge in [0.1, 0.15) is 0 Å². The first kappa shape index (κ1) is 15.0. The molecule has 108 valence electrons. The number of ether oxygens (including phenoxy) is 1. The average Bonchev–Trinajstić information content (AvgIpc) is 2.46. The van der Waals surface area contributed by atoms with E-state index in [9.17, 15) is 14.9 Å². The summed E-state index contributed by atoms with van der Waals surface area (Å²) in [5.41, 5.74) is 0.541. The number of hydrogen-bond donors (Lipinski definition) is 0. The molecule has 0 aromatic heterocycles. The van der Waals surface area contributed by atoms with Gasteiger partial charge >= 0.3 is 5.69 Å². The zero-order valence-corrected chi connectivity index (χ0v) is 12.0. The number of benzene rings is 2. The van der Waals surface area contributed by atoms with E-state index in [1.165, 1.54) is 19.2 Å². The molecule has 2 rings (SSSR count). The molecule has 0 heterocycles. The molecule has 2 aromatic carbocycles. The molecule has 2 aromatic rings. The number of nitro benzene ring substituents is 1. The summed E-state index contributed by atoms with van der Waals surface area (Å²) in [6.45, 7) is 0. The minimum absolute atomic E-state index is 0.0894. The first-order chi connectivity index (χ1) is 10.0. The van der Waals surface area contributed by atoms with Gasteiger partial charge in [-0.15, -0.1) is 0 Å². The molecular formula is C15H12ClNO4. The van der Waals surface area contributed by atoms with Crippen molar-refractivity contribution in [1.29, 1.82) is 0 Å². The monoisotopic (exact) mass is 305 g/mol. The Labute approximate surface area is 126 Å². The molecular weight excluding hydrogens is 294 g/mol. The van der Waals surface area contributed by atoms with Crippen LogP contribution in [0.15, 0.2) is 42.5 Å². The number of nitro groups is 1. The van der Waals surface area contributed by atoms with E-state index in [1.54, 1.807) is 30.3 Å². The van der Waals surface area contributed by atoms with Gasteiger partial charge in [-0.05, 0) is 18.2 Å². The zero-order chi connectivity index (χ0) is 15.4. The fourth-order valence-corrected chi connectivity index (χ4v) is 2.21. The van der Waals surface area contributed by atoms with Crippen molar-refractivity contribution in [2.75, 3.05) is 7.11 Å². The Bertz CT molecular complexity index is 700. The number of halogens is 1. The van der Waals surface area contributed by atoms with Crippen LogP contribution in [0.1, 0.15) is 15.9 Å². The standard InChI is InChI=1S/C15H12ClNO4/c1-21-14-7-3-5-11(15(14)17(19)20)9-13(18)10-4-2-6-12(16)8-10/h2-8H,9H2,1H3. The number of ketones is 1. The average molecular weight is 306 g/mol. The van der Waals surface area contributed by atoms with Crippen molar-refractivity contribution in [3.63, 3.8) is 0 Å². The minimum atomic E-state index is -0.542. The molecule has 0 fully saturated rings. The van der Waals surface area contributed by atoms with Crippen LogP contribution in [-0.2, 0) is 6.42 Å². The lowest BCUT2D eigenvalue weighted by Gasteiger charge is -2.07. The third-order valence-electron chi connectivity index (χ3n) is 2.98. The third-order valence-corrected chi connectivity index (χ3v) is 3.22. The van der Waals surface area contributed by atoms with Gasteiger partial charge in [-0.2, -0.15) is 0 Å². The zero-order valence-electron chi connectivity index (χ0n) is 11.2. The summed E-state index contributed by atoms with van der Waals surface area (Å²) in [4.78, 5) is 22.8. The fourth-order valence-electron chi connectivity index (χ4n) is 2.02. The van der Waals surface area contributed by atoms with Gasteiger partial charge in [-0.3, -0.25) is 14.9 Å². The number of nitrogens with zero attached hydrogens (tertiary/aromatic N) is 1. The van der Waals surface area contributed by atoms with E-state index < -0.39 is 4.92 Å². The number of hydrogen-bond acceptors (Lipinski definition) is 4. The molecule has 0 bridgehead atoms. The fraction of sp³-hybridized carbons (Fsp3) is 0.133. The number of rotatable bonds is 5. The van der Waals surface area contributed by atoms with Crippen molar-refractivity contribution in [3.05, 3.63) is 68.7 Å². The number of methoxy groups -OCH3 is 1. The molecule has 0 amide bonds. The van der Waals surface area contributed by atoms with Crippen LogP contribution in [0.4, 0.5) is 5.69 Å². The summed E-state index contributed by atoms with van der Waals surface area (Å²) in [5.74, 6) is -0.106. The number of Topliss-reactive ketones (excluding diaryl/α,β-unsaturated/α-hetero) is 1. The molecule has 0 radical (unpaired) electrons. The molecule has 0 saturated heterocycles. The van der Waals surface area contributed by atoms with Crippen molar-refractivity contribution < 1.29 is 14.5 Å². The second kappa shape index (κ2) is 6.37. The molecule has 0 aliphatic heterocycles. The van der Waals surface area contributed by atoms with Crippen LogP contribution in [0.5, 0.6) is 5.75 Å². The SMILES string of the molecule is COc1cccc(CC(=O)c2cccc(Cl)c2)c1[N+](=O)[O-]. The van der Waals surface area contributed by atoms with Crippen LogP contribution >= 0.6 is 11.6 Å². The second-order valence-corrected chi connectivity index (χ2v) is 4.77. The molecule has 0 unspecified atom stereocenters. The summed E-state index contributed by atoms with van der Waals surface area (Å²) in [7, 11) is 1.35. The van der Waals surface area contributed by atoms with E-state index in [0.29, 0.717) is 16.1 Å². The first-order valence-corrected chi connectivity index (χ1v) is 6.49. The highest BCUT2D eigenvalue weighted by atomic mass is 35.5. The summed E-state index contributed by atoms with van der Waals surface area (Å²) in [5, 5.41) is 11.6. The highest BCUT2D eigenvalue weighted by Crippen LogP contribution is 2.31. The van der Waals surface area contributed by atoms with E-state index in [-0.39, 0.29) is 23.6 Å². The Morgan fingerprint density at radius 2 is 2.00 bits per heavy atom. The van der Waals surface area contributed by atoms with Gasteiger partial charge in [0.15, 0.2) is 11.5 Å². The van der Waals surface area contributed by atoms with Gasteiger partial charge in [0.25, 0.3) is 0 Å². The van der Waals surface area contributed by atoms with Gasteiger partial charge in [0, 0.05) is 22.6 Å². The second-order valence-electron chi connectivity index (χ2n) is 4.34. The van der Waals surface area contributed by atoms with E-state index in [2.05, 4.69) is 0 Å². The van der Waals surface area contributed by atoms with Gasteiger partial charge in [-0.1, -0.05) is 35.9 Å². The maximum Gasteiger partial charge on any atom is 0.314 e. The largest absolute Gasteiger partial charge is 0.490 e. The lowest BCUT2D eigenvalue weighted by atomic mass is 10.0. The summed E-state index contributed by atoms with van der Waals surface area (Å²) in [6, 6.07) is 11.1. The van der Waals surface area contributed by atoms with Crippen LogP contribution in [0.2, 0.25) is 5.02 Å². The van der Waals surface area contributed by atoms with Gasteiger partial charge < -0.3 is 4.74 Å². The normalized spacial score (nSPS) is 10.2. The topological polar surface area (TPSA) is 69.4 Å². The van der Waals surface area contributed by atoms with Crippen molar-refractivity contribution in [3.8, 4) is 5.75 Å². The number of carbonyl (C=O) groups excluding carboxylic acids is 1. The Balaban J connectivity index is 2.35. The maximum absolute atomic E-state index is 12.2. The Kier molecular flexibility index (Phi) is 4.55. The highest BCUT2D eigenvalue weighted by molar-refractivity contribution is 6.31. The van der Waals surface area contributed by atoms with Gasteiger partial charge in [0.05, 0.1) is 12.0 Å². The van der Waals surface area contributed by atoms with Crippen LogP contribution < -0.4 is 4.74 Å². The van der Waals surface area contributed by atoms with Crippen molar-refractivity contribution in [2.45, 2.75) is 6.42 Å².